The number of nitrogens with zero attached hydrogens (tertiary/aromatic N) is 4. The van der Waals surface area contributed by atoms with Crippen LogP contribution in [0.4, 0.5) is 11.4 Å². The third-order valence-electron chi connectivity index (χ3n) is 6.55. The van der Waals surface area contributed by atoms with Crippen molar-refractivity contribution in [3.05, 3.63) is 102 Å². The molecule has 3 heterocycles. The van der Waals surface area contributed by atoms with E-state index in [1.807, 2.05) is 48.5 Å². The number of amides is 1. The number of piperazine rings is 1. The number of benzene rings is 3. The van der Waals surface area contributed by atoms with E-state index >= 15 is 0 Å². The van der Waals surface area contributed by atoms with Crippen LogP contribution < -0.4 is 15.5 Å². The van der Waals surface area contributed by atoms with Gasteiger partial charge in [0.1, 0.15) is 5.69 Å². The SMILES string of the molecule is O=C(Nc1cc(-c2ccccc2)ccc1N1CCNCC1)c1ccn2ncc(-c3cccc(Cl)c3)c2n1. The highest BCUT2D eigenvalue weighted by Crippen LogP contribution is 2.32. The van der Waals surface area contributed by atoms with E-state index in [1.165, 1.54) is 0 Å². The molecule has 0 atom stereocenters. The smallest absolute Gasteiger partial charge is 0.274 e. The molecule has 0 aliphatic carbocycles. The molecular formula is C29H25ClN6O. The summed E-state index contributed by atoms with van der Waals surface area (Å²) in [4.78, 5) is 20.5. The average molecular weight is 509 g/mol. The van der Waals surface area contributed by atoms with E-state index < -0.39 is 0 Å². The van der Waals surface area contributed by atoms with Crippen LogP contribution in [0.25, 0.3) is 27.9 Å². The number of aromatic nitrogens is 3. The second-order valence-corrected chi connectivity index (χ2v) is 9.38. The lowest BCUT2D eigenvalue weighted by molar-refractivity contribution is 0.102. The molecule has 1 aliphatic rings. The maximum absolute atomic E-state index is 13.5. The number of carbonyl (C=O) groups is 1. The Bertz CT molecular complexity index is 1580. The van der Waals surface area contributed by atoms with E-state index in [-0.39, 0.29) is 5.91 Å². The molecule has 1 amide bonds. The molecule has 1 fully saturated rings. The number of fused-ring (bicyclic) bond motifs is 1. The van der Waals surface area contributed by atoms with Gasteiger partial charge in [0.05, 0.1) is 17.6 Å². The summed E-state index contributed by atoms with van der Waals surface area (Å²) < 4.78 is 1.66. The monoisotopic (exact) mass is 508 g/mol. The van der Waals surface area contributed by atoms with Crippen molar-refractivity contribution < 1.29 is 4.79 Å². The van der Waals surface area contributed by atoms with Gasteiger partial charge >= 0.3 is 0 Å². The quantitative estimate of drug-likeness (QED) is 0.333. The van der Waals surface area contributed by atoms with Gasteiger partial charge in [0.15, 0.2) is 5.65 Å². The zero-order valence-corrected chi connectivity index (χ0v) is 20.8. The molecule has 0 radical (unpaired) electrons. The van der Waals surface area contributed by atoms with Gasteiger partial charge in [-0.2, -0.15) is 5.10 Å². The van der Waals surface area contributed by atoms with E-state index in [4.69, 9.17) is 11.6 Å². The van der Waals surface area contributed by atoms with E-state index in [9.17, 15) is 4.79 Å². The van der Waals surface area contributed by atoms with Gasteiger partial charge in [0.25, 0.3) is 5.91 Å². The first kappa shape index (κ1) is 23.2. The summed E-state index contributed by atoms with van der Waals surface area (Å²) in [6, 6.07) is 25.6. The molecular weight excluding hydrogens is 484 g/mol. The van der Waals surface area contributed by atoms with E-state index in [0.29, 0.717) is 16.4 Å². The Morgan fingerprint density at radius 2 is 1.70 bits per heavy atom. The molecule has 1 saturated heterocycles. The molecule has 3 aromatic carbocycles. The first-order valence-electron chi connectivity index (χ1n) is 12.2. The summed E-state index contributed by atoms with van der Waals surface area (Å²) in [5.41, 5.74) is 6.50. The number of hydrogen-bond donors (Lipinski definition) is 2. The lowest BCUT2D eigenvalue weighted by Gasteiger charge is -2.31. The Hall–Kier alpha value is -4.20. The van der Waals surface area contributed by atoms with Crippen LogP contribution in [-0.2, 0) is 0 Å². The van der Waals surface area contributed by atoms with Crippen molar-refractivity contribution in [1.29, 1.82) is 0 Å². The molecule has 7 nitrogen and oxygen atoms in total. The van der Waals surface area contributed by atoms with Crippen molar-refractivity contribution in [1.82, 2.24) is 19.9 Å². The fraction of sp³-hybridized carbons (Fsp3) is 0.138. The molecule has 37 heavy (non-hydrogen) atoms. The minimum Gasteiger partial charge on any atom is -0.367 e. The Labute approximate surface area is 219 Å². The molecule has 184 valence electrons. The van der Waals surface area contributed by atoms with Crippen LogP contribution in [0.3, 0.4) is 0 Å². The minimum absolute atomic E-state index is 0.276. The molecule has 2 aromatic heterocycles. The van der Waals surface area contributed by atoms with Gasteiger partial charge in [-0.15, -0.1) is 0 Å². The van der Waals surface area contributed by atoms with Crippen LogP contribution in [0.15, 0.2) is 91.3 Å². The third-order valence-corrected chi connectivity index (χ3v) is 6.78. The summed E-state index contributed by atoms with van der Waals surface area (Å²) in [6.07, 6.45) is 3.49. The zero-order valence-electron chi connectivity index (χ0n) is 20.1. The number of halogens is 1. The average Bonchev–Trinajstić information content (AvgIpc) is 3.37. The van der Waals surface area contributed by atoms with Gasteiger partial charge in [0.2, 0.25) is 0 Å². The van der Waals surface area contributed by atoms with Crippen molar-refractivity contribution in [3.63, 3.8) is 0 Å². The number of hydrogen-bond acceptors (Lipinski definition) is 5. The number of anilines is 2. The van der Waals surface area contributed by atoms with Crippen molar-refractivity contribution in [2.45, 2.75) is 0 Å². The fourth-order valence-corrected chi connectivity index (χ4v) is 4.86. The molecule has 0 saturated carbocycles. The number of carbonyl (C=O) groups excluding carboxylic acids is 1. The summed E-state index contributed by atoms with van der Waals surface area (Å²) >= 11 is 6.20. The highest BCUT2D eigenvalue weighted by molar-refractivity contribution is 6.30. The predicted octanol–water partition coefficient (Wildman–Crippen LogP) is 5.38. The lowest BCUT2D eigenvalue weighted by atomic mass is 10.0. The summed E-state index contributed by atoms with van der Waals surface area (Å²) in [5.74, 6) is -0.276. The maximum Gasteiger partial charge on any atom is 0.274 e. The highest BCUT2D eigenvalue weighted by atomic mass is 35.5. The Balaban J connectivity index is 1.36. The third kappa shape index (κ3) is 4.79. The van der Waals surface area contributed by atoms with Crippen LogP contribution >= 0.6 is 11.6 Å². The first-order valence-corrected chi connectivity index (χ1v) is 12.6. The van der Waals surface area contributed by atoms with Gasteiger partial charge in [0, 0.05) is 43.0 Å². The van der Waals surface area contributed by atoms with Crippen LogP contribution in [-0.4, -0.2) is 46.7 Å². The summed E-state index contributed by atoms with van der Waals surface area (Å²) in [7, 11) is 0. The largest absolute Gasteiger partial charge is 0.367 e. The van der Waals surface area contributed by atoms with Crippen molar-refractivity contribution in [2.24, 2.45) is 0 Å². The van der Waals surface area contributed by atoms with E-state index in [1.54, 1.807) is 23.0 Å². The van der Waals surface area contributed by atoms with E-state index in [2.05, 4.69) is 49.9 Å². The molecule has 6 rings (SSSR count). The van der Waals surface area contributed by atoms with Crippen LogP contribution in [0.1, 0.15) is 10.5 Å². The second kappa shape index (κ2) is 10.0. The highest BCUT2D eigenvalue weighted by Gasteiger charge is 2.19. The molecule has 2 N–H and O–H groups in total. The van der Waals surface area contributed by atoms with Crippen LogP contribution in [0.2, 0.25) is 5.02 Å². The van der Waals surface area contributed by atoms with E-state index in [0.717, 1.165) is 59.8 Å². The van der Waals surface area contributed by atoms with Gasteiger partial charge < -0.3 is 15.5 Å². The molecule has 1 aliphatic heterocycles. The molecule has 0 bridgehead atoms. The number of nitrogens with one attached hydrogen (secondary N) is 2. The topological polar surface area (TPSA) is 74.6 Å². The predicted molar refractivity (Wildman–Crippen MR) is 148 cm³/mol. The molecule has 0 spiro atoms. The van der Waals surface area contributed by atoms with Gasteiger partial charge in [-0.25, -0.2) is 9.50 Å². The summed E-state index contributed by atoms with van der Waals surface area (Å²) in [5, 5.41) is 11.6. The zero-order chi connectivity index (χ0) is 25.2. The first-order chi connectivity index (χ1) is 18.2. The second-order valence-electron chi connectivity index (χ2n) is 8.94. The maximum atomic E-state index is 13.5. The Kier molecular flexibility index (Phi) is 6.30. The standard InChI is InChI=1S/C29H25ClN6O/c30-23-8-4-7-22(17-23)24-19-32-36-14-11-25(33-28(24)36)29(37)34-26-18-21(20-5-2-1-3-6-20)9-10-27(26)35-15-12-31-13-16-35/h1-11,14,17-19,31H,12-13,15-16H2,(H,34,37). The van der Waals surface area contributed by atoms with Crippen molar-refractivity contribution in [3.8, 4) is 22.3 Å². The normalized spacial score (nSPS) is 13.6. The molecule has 8 heteroatoms. The molecule has 0 unspecified atom stereocenters. The van der Waals surface area contributed by atoms with Crippen LogP contribution in [0.5, 0.6) is 0 Å². The lowest BCUT2D eigenvalue weighted by Crippen LogP contribution is -2.43. The number of rotatable bonds is 5. The summed E-state index contributed by atoms with van der Waals surface area (Å²) in [6.45, 7) is 3.55. The van der Waals surface area contributed by atoms with Crippen molar-refractivity contribution >= 4 is 34.5 Å². The van der Waals surface area contributed by atoms with Gasteiger partial charge in [-0.1, -0.05) is 60.1 Å². The Morgan fingerprint density at radius 3 is 2.51 bits per heavy atom. The molecule has 5 aromatic rings. The van der Waals surface area contributed by atoms with Crippen molar-refractivity contribution in [2.75, 3.05) is 36.4 Å². The fourth-order valence-electron chi connectivity index (χ4n) is 4.67. The van der Waals surface area contributed by atoms with Crippen LogP contribution in [0, 0.1) is 0 Å². The minimum atomic E-state index is -0.276. The Morgan fingerprint density at radius 1 is 0.892 bits per heavy atom. The van der Waals surface area contributed by atoms with Gasteiger partial charge in [-0.3, -0.25) is 4.79 Å². The van der Waals surface area contributed by atoms with Gasteiger partial charge in [-0.05, 0) is 47.0 Å².